The van der Waals surface area contributed by atoms with E-state index < -0.39 is 0 Å². The number of nitrogens with one attached hydrogen (secondary N) is 1. The summed E-state index contributed by atoms with van der Waals surface area (Å²) in [5.74, 6) is 1.75. The van der Waals surface area contributed by atoms with Crippen molar-refractivity contribution in [3.63, 3.8) is 0 Å². The van der Waals surface area contributed by atoms with E-state index in [1.807, 2.05) is 66.9 Å². The number of carbonyl (C=O) groups excluding carboxylic acids is 1. The highest BCUT2D eigenvalue weighted by molar-refractivity contribution is 9.10. The van der Waals surface area contributed by atoms with Gasteiger partial charge in [-0.05, 0) is 55.8 Å². The molecule has 0 saturated heterocycles. The van der Waals surface area contributed by atoms with Gasteiger partial charge in [-0.2, -0.15) is 0 Å². The number of rotatable bonds is 7. The van der Waals surface area contributed by atoms with Crippen molar-refractivity contribution < 1.29 is 9.53 Å². The average molecular weight is 461 g/mol. The van der Waals surface area contributed by atoms with E-state index in [-0.39, 0.29) is 17.7 Å². The lowest BCUT2D eigenvalue weighted by Crippen LogP contribution is -2.28. The first-order chi connectivity index (χ1) is 13.5. The van der Waals surface area contributed by atoms with Crippen molar-refractivity contribution in [2.24, 2.45) is 0 Å². The fourth-order valence-electron chi connectivity index (χ4n) is 2.71. The number of ether oxygens (including phenoxy) is 1. The Morgan fingerprint density at radius 2 is 1.86 bits per heavy atom. The summed E-state index contributed by atoms with van der Waals surface area (Å²) in [5, 5.41) is 12.1. The Kier molecular flexibility index (Phi) is 6.74. The zero-order valence-electron chi connectivity index (χ0n) is 15.8. The van der Waals surface area contributed by atoms with Crippen molar-refractivity contribution in [3.05, 3.63) is 64.4 Å². The van der Waals surface area contributed by atoms with E-state index in [1.165, 1.54) is 11.8 Å². The Balaban J connectivity index is 1.64. The van der Waals surface area contributed by atoms with Crippen LogP contribution in [0.5, 0.6) is 5.75 Å². The first kappa shape index (κ1) is 20.4. The highest BCUT2D eigenvalue weighted by Crippen LogP contribution is 2.24. The SMILES string of the molecule is COc1ccc(-n2c(C)nnc2SCC(=O)NC(C)c2ccc(Br)cc2)cc1. The molecule has 3 rings (SSSR count). The molecular weight excluding hydrogens is 440 g/mol. The molecule has 0 radical (unpaired) electrons. The molecule has 0 aliphatic carbocycles. The number of hydrogen-bond donors (Lipinski definition) is 1. The summed E-state index contributed by atoms with van der Waals surface area (Å²) in [6.45, 7) is 3.85. The van der Waals surface area contributed by atoms with Gasteiger partial charge < -0.3 is 10.1 Å². The Hall–Kier alpha value is -2.32. The Labute approximate surface area is 176 Å². The number of amides is 1. The molecule has 0 fully saturated rings. The Morgan fingerprint density at radius 1 is 1.18 bits per heavy atom. The summed E-state index contributed by atoms with van der Waals surface area (Å²) in [6.07, 6.45) is 0. The molecule has 8 heteroatoms. The number of aryl methyl sites for hydroxylation is 1. The largest absolute Gasteiger partial charge is 0.497 e. The molecule has 1 N–H and O–H groups in total. The molecule has 0 aliphatic heterocycles. The summed E-state index contributed by atoms with van der Waals surface area (Å²) < 4.78 is 8.14. The van der Waals surface area contributed by atoms with Crippen LogP contribution in [0.3, 0.4) is 0 Å². The van der Waals surface area contributed by atoms with Gasteiger partial charge >= 0.3 is 0 Å². The van der Waals surface area contributed by atoms with Crippen LogP contribution in [0.15, 0.2) is 58.2 Å². The van der Waals surface area contributed by atoms with Crippen molar-refractivity contribution in [1.82, 2.24) is 20.1 Å². The van der Waals surface area contributed by atoms with Gasteiger partial charge in [0.2, 0.25) is 5.91 Å². The number of carbonyl (C=O) groups is 1. The monoisotopic (exact) mass is 460 g/mol. The number of hydrogen-bond acceptors (Lipinski definition) is 5. The standard InChI is InChI=1S/C20H21BrN4O2S/c1-13(15-4-6-16(21)7-5-15)22-19(26)12-28-20-24-23-14(2)25(20)17-8-10-18(27-3)11-9-17/h4-11,13H,12H2,1-3H3,(H,22,26). The molecule has 0 bridgehead atoms. The van der Waals surface area contributed by atoms with Crippen molar-refractivity contribution in [3.8, 4) is 11.4 Å². The van der Waals surface area contributed by atoms with E-state index in [0.29, 0.717) is 5.16 Å². The molecule has 0 saturated carbocycles. The lowest BCUT2D eigenvalue weighted by molar-refractivity contribution is -0.119. The van der Waals surface area contributed by atoms with Crippen molar-refractivity contribution in [1.29, 1.82) is 0 Å². The summed E-state index contributed by atoms with van der Waals surface area (Å²) >= 11 is 4.78. The van der Waals surface area contributed by atoms with Crippen molar-refractivity contribution in [2.45, 2.75) is 25.0 Å². The van der Waals surface area contributed by atoms with E-state index in [9.17, 15) is 4.79 Å². The van der Waals surface area contributed by atoms with Crippen LogP contribution in [0.2, 0.25) is 0 Å². The minimum atomic E-state index is -0.0672. The molecule has 3 aromatic rings. The number of benzene rings is 2. The van der Waals surface area contributed by atoms with Gasteiger partial charge in [0.15, 0.2) is 5.16 Å². The lowest BCUT2D eigenvalue weighted by atomic mass is 10.1. The average Bonchev–Trinajstić information content (AvgIpc) is 3.07. The number of aromatic nitrogens is 3. The molecule has 0 spiro atoms. The molecule has 2 aromatic carbocycles. The predicted octanol–water partition coefficient (Wildman–Crippen LogP) is 4.32. The van der Waals surface area contributed by atoms with Crippen LogP contribution < -0.4 is 10.1 Å². The second kappa shape index (κ2) is 9.25. The van der Waals surface area contributed by atoms with Crippen LogP contribution in [0.25, 0.3) is 5.69 Å². The van der Waals surface area contributed by atoms with Gasteiger partial charge in [-0.3, -0.25) is 9.36 Å². The Morgan fingerprint density at radius 3 is 2.50 bits per heavy atom. The second-order valence-electron chi connectivity index (χ2n) is 6.19. The highest BCUT2D eigenvalue weighted by atomic mass is 79.9. The van der Waals surface area contributed by atoms with Crippen LogP contribution >= 0.6 is 27.7 Å². The van der Waals surface area contributed by atoms with Crippen molar-refractivity contribution in [2.75, 3.05) is 12.9 Å². The van der Waals surface area contributed by atoms with Gasteiger partial charge in [0.05, 0.1) is 18.9 Å². The number of nitrogens with zero attached hydrogens (tertiary/aromatic N) is 3. The molecule has 1 heterocycles. The van der Waals surface area contributed by atoms with Crippen LogP contribution in [-0.4, -0.2) is 33.5 Å². The third-order valence-corrected chi connectivity index (χ3v) is 5.66. The molecule has 1 amide bonds. The Bertz CT molecular complexity index is 942. The number of thioether (sulfide) groups is 1. The van der Waals surface area contributed by atoms with Crippen molar-refractivity contribution >= 4 is 33.6 Å². The van der Waals surface area contributed by atoms with Gasteiger partial charge in [0.25, 0.3) is 0 Å². The van der Waals surface area contributed by atoms with Gasteiger partial charge in [-0.15, -0.1) is 10.2 Å². The van der Waals surface area contributed by atoms with Gasteiger partial charge in [-0.25, -0.2) is 0 Å². The number of methoxy groups -OCH3 is 1. The minimum absolute atomic E-state index is 0.0534. The zero-order chi connectivity index (χ0) is 20.1. The first-order valence-corrected chi connectivity index (χ1v) is 10.5. The summed E-state index contributed by atoms with van der Waals surface area (Å²) in [5.41, 5.74) is 1.98. The van der Waals surface area contributed by atoms with E-state index in [2.05, 4.69) is 31.4 Å². The van der Waals surface area contributed by atoms with Gasteiger partial charge in [0.1, 0.15) is 11.6 Å². The van der Waals surface area contributed by atoms with Crippen LogP contribution in [0.1, 0.15) is 24.4 Å². The van der Waals surface area contributed by atoms with Gasteiger partial charge in [0, 0.05) is 10.2 Å². The van der Waals surface area contributed by atoms with E-state index in [0.717, 1.165) is 27.3 Å². The third kappa shape index (κ3) is 4.94. The smallest absolute Gasteiger partial charge is 0.230 e. The van der Waals surface area contributed by atoms with E-state index >= 15 is 0 Å². The molecular formula is C20H21BrN4O2S. The fourth-order valence-corrected chi connectivity index (χ4v) is 3.79. The summed E-state index contributed by atoms with van der Waals surface area (Å²) in [4.78, 5) is 12.4. The maximum Gasteiger partial charge on any atom is 0.230 e. The molecule has 1 unspecified atom stereocenters. The van der Waals surface area contributed by atoms with Crippen LogP contribution in [-0.2, 0) is 4.79 Å². The van der Waals surface area contributed by atoms with E-state index in [1.54, 1.807) is 7.11 Å². The molecule has 6 nitrogen and oxygen atoms in total. The first-order valence-electron chi connectivity index (χ1n) is 8.72. The third-order valence-electron chi connectivity index (χ3n) is 4.21. The molecule has 1 atom stereocenters. The lowest BCUT2D eigenvalue weighted by Gasteiger charge is -2.14. The minimum Gasteiger partial charge on any atom is -0.497 e. The topological polar surface area (TPSA) is 69.0 Å². The predicted molar refractivity (Wildman–Crippen MR) is 114 cm³/mol. The molecule has 1 aromatic heterocycles. The number of halogens is 1. The summed E-state index contributed by atoms with van der Waals surface area (Å²) in [7, 11) is 1.63. The van der Waals surface area contributed by atoms with Crippen LogP contribution in [0, 0.1) is 6.92 Å². The summed E-state index contributed by atoms with van der Waals surface area (Å²) in [6, 6.07) is 15.5. The highest BCUT2D eigenvalue weighted by Gasteiger charge is 2.15. The maximum atomic E-state index is 12.4. The van der Waals surface area contributed by atoms with E-state index in [4.69, 9.17) is 4.74 Å². The molecule has 28 heavy (non-hydrogen) atoms. The van der Waals surface area contributed by atoms with Crippen LogP contribution in [0.4, 0.5) is 0 Å². The molecule has 0 aliphatic rings. The van der Waals surface area contributed by atoms with Gasteiger partial charge in [-0.1, -0.05) is 39.8 Å². The maximum absolute atomic E-state index is 12.4. The second-order valence-corrected chi connectivity index (χ2v) is 8.05. The normalized spacial score (nSPS) is 11.9. The fraction of sp³-hybridized carbons (Fsp3) is 0.250. The quantitative estimate of drug-likeness (QED) is 0.531. The molecule has 146 valence electrons. The zero-order valence-corrected chi connectivity index (χ0v) is 18.3.